The second-order valence-corrected chi connectivity index (χ2v) is 17.3. The molecule has 0 bridgehead atoms. The molecular formula is C42H62N8O8. The van der Waals surface area contributed by atoms with Gasteiger partial charge in [-0.1, -0.05) is 59.7 Å². The number of aliphatic hydroxyl groups is 1. The number of rotatable bonds is 8. The summed E-state index contributed by atoms with van der Waals surface area (Å²) in [5, 5.41) is 25.8. The van der Waals surface area contributed by atoms with Crippen molar-refractivity contribution in [2.45, 2.75) is 142 Å². The molecular weight excluding hydrogens is 745 g/mol. The van der Waals surface area contributed by atoms with Crippen LogP contribution in [-0.4, -0.2) is 123 Å². The van der Waals surface area contributed by atoms with E-state index in [4.69, 9.17) is 0 Å². The summed E-state index contributed by atoms with van der Waals surface area (Å²) in [6.07, 6.45) is 2.49. The molecule has 1 unspecified atom stereocenters. The van der Waals surface area contributed by atoms with Crippen LogP contribution in [0.3, 0.4) is 0 Å². The third-order valence-corrected chi connectivity index (χ3v) is 11.4. The number of nitrogens with one attached hydrogen (secondary N) is 6. The van der Waals surface area contributed by atoms with Crippen LogP contribution in [0.5, 0.6) is 0 Å². The molecule has 58 heavy (non-hydrogen) atoms. The van der Waals surface area contributed by atoms with E-state index in [0.29, 0.717) is 19.3 Å². The van der Waals surface area contributed by atoms with Gasteiger partial charge in [0.1, 0.15) is 42.3 Å². The molecule has 1 aromatic carbocycles. The Hall–Kier alpha value is -4.99. The molecule has 4 heterocycles. The number of aromatic nitrogens is 1. The maximum absolute atomic E-state index is 14.4. The fourth-order valence-corrected chi connectivity index (χ4v) is 8.32. The van der Waals surface area contributed by atoms with Crippen LogP contribution in [0, 0.1) is 17.8 Å². The van der Waals surface area contributed by atoms with E-state index in [9.17, 15) is 38.7 Å². The number of benzene rings is 1. The van der Waals surface area contributed by atoms with E-state index in [1.165, 1.54) is 16.7 Å². The van der Waals surface area contributed by atoms with Crippen LogP contribution >= 0.6 is 0 Å². The van der Waals surface area contributed by atoms with Gasteiger partial charge in [0.05, 0.1) is 6.10 Å². The zero-order valence-corrected chi connectivity index (χ0v) is 34.8. The average molecular weight is 807 g/mol. The molecule has 16 heteroatoms. The van der Waals surface area contributed by atoms with Gasteiger partial charge in [-0.2, -0.15) is 0 Å². The molecule has 0 radical (unpaired) electrons. The Morgan fingerprint density at radius 2 is 1.09 bits per heavy atom. The molecule has 1 aromatic heterocycles. The van der Waals surface area contributed by atoms with Gasteiger partial charge in [0.15, 0.2) is 0 Å². The number of carbonyl (C=O) groups is 7. The number of fused-ring (bicyclic) bond motifs is 3. The fraction of sp³-hybridized carbons (Fsp3) is 0.643. The summed E-state index contributed by atoms with van der Waals surface area (Å²) in [7, 11) is 0. The molecule has 5 rings (SSSR count). The summed E-state index contributed by atoms with van der Waals surface area (Å²) in [5.74, 6) is -4.73. The van der Waals surface area contributed by atoms with Gasteiger partial charge in [-0.3, -0.25) is 33.6 Å². The Morgan fingerprint density at radius 3 is 1.60 bits per heavy atom. The van der Waals surface area contributed by atoms with Crippen molar-refractivity contribution in [2.24, 2.45) is 17.8 Å². The van der Waals surface area contributed by atoms with Crippen molar-refractivity contribution in [3.8, 4) is 0 Å². The lowest BCUT2D eigenvalue weighted by Crippen LogP contribution is -2.61. The summed E-state index contributed by atoms with van der Waals surface area (Å²) in [5.41, 5.74) is 1.59. The summed E-state index contributed by atoms with van der Waals surface area (Å²) in [4.78, 5) is 105. The SMILES string of the molecule is CC(C)C[C@@H]1NC(=O)[C@@H]2CCCN2C(=O)[C@H](C(C)C)NC(=O)[C@H](Cc2c[nH]c3ccccc23)NC(=O)[C@H](CC(C)C)NC(=O)[C@@H]2CCCN2C(=O)[C@H](C(C)O)NC1=O. The monoisotopic (exact) mass is 806 g/mol. The maximum atomic E-state index is 14.4. The minimum atomic E-state index is -1.44. The lowest BCUT2D eigenvalue weighted by atomic mass is 9.98. The Kier molecular flexibility index (Phi) is 14.6. The highest BCUT2D eigenvalue weighted by Gasteiger charge is 2.44. The minimum absolute atomic E-state index is 0.0571. The van der Waals surface area contributed by atoms with Gasteiger partial charge in [-0.15, -0.1) is 0 Å². The fourth-order valence-electron chi connectivity index (χ4n) is 8.32. The Balaban J connectivity index is 1.56. The predicted octanol–water partition coefficient (Wildman–Crippen LogP) is 1.26. The number of aliphatic hydroxyl groups excluding tert-OH is 1. The van der Waals surface area contributed by atoms with Crippen molar-refractivity contribution in [1.82, 2.24) is 41.4 Å². The maximum Gasteiger partial charge on any atom is 0.248 e. The highest BCUT2D eigenvalue weighted by Crippen LogP contribution is 2.24. The third kappa shape index (κ3) is 10.4. The Morgan fingerprint density at radius 1 is 0.621 bits per heavy atom. The number of hydrogen-bond donors (Lipinski definition) is 7. The van der Waals surface area contributed by atoms with Crippen molar-refractivity contribution in [3.05, 3.63) is 36.0 Å². The number of hydrogen-bond acceptors (Lipinski definition) is 8. The second kappa shape index (κ2) is 19.2. The quantitative estimate of drug-likeness (QED) is 0.205. The van der Waals surface area contributed by atoms with Gasteiger partial charge in [-0.05, 0) is 74.8 Å². The van der Waals surface area contributed by atoms with E-state index in [1.807, 2.05) is 52.0 Å². The van der Waals surface area contributed by atoms with Crippen LogP contribution in [0.4, 0.5) is 0 Å². The Bertz CT molecular complexity index is 1840. The van der Waals surface area contributed by atoms with E-state index < -0.39 is 95.7 Å². The molecule has 7 N–H and O–H groups in total. The average Bonchev–Trinajstić information content (AvgIpc) is 3.94. The molecule has 3 aliphatic rings. The standard InChI is InChI=1S/C42H62N8O8/c1-22(2)18-29-36(52)44-31(20-26-21-43-28-13-9-8-12-27(26)28)38(54)47-34(24(5)6)41(57)49-16-10-14-32(49)39(55)46-30(19-23(3)4)37(53)48-35(25(7)51)42(58)50-17-11-15-33(50)40(56)45-29/h8-9,12-13,21-25,29-35,43,51H,10-11,14-20H2,1-7H3,(H,44,52)(H,45,56)(H,46,55)(H,47,54)(H,48,53)/t25?,29-,30-,31-,32-,33-,34-,35-/m0/s1. The van der Waals surface area contributed by atoms with Crippen molar-refractivity contribution in [1.29, 1.82) is 0 Å². The molecule has 7 amide bonds. The summed E-state index contributed by atoms with van der Waals surface area (Å²) in [6, 6.07) is -0.249. The smallest absolute Gasteiger partial charge is 0.248 e. The number of H-pyrrole nitrogens is 1. The van der Waals surface area contributed by atoms with Crippen LogP contribution in [0.15, 0.2) is 30.5 Å². The molecule has 0 aliphatic carbocycles. The molecule has 318 valence electrons. The van der Waals surface area contributed by atoms with E-state index in [0.717, 1.165) is 16.5 Å². The highest BCUT2D eigenvalue weighted by atomic mass is 16.3. The highest BCUT2D eigenvalue weighted by molar-refractivity contribution is 5.99. The molecule has 0 spiro atoms. The first-order chi connectivity index (χ1) is 27.5. The Labute approximate surface area is 340 Å². The van der Waals surface area contributed by atoms with Crippen molar-refractivity contribution < 1.29 is 38.7 Å². The lowest BCUT2D eigenvalue weighted by Gasteiger charge is -2.33. The number of para-hydroxylation sites is 1. The second-order valence-electron chi connectivity index (χ2n) is 17.3. The molecule has 3 saturated heterocycles. The molecule has 0 saturated carbocycles. The van der Waals surface area contributed by atoms with Crippen molar-refractivity contribution in [3.63, 3.8) is 0 Å². The normalized spacial score (nSPS) is 27.8. The minimum Gasteiger partial charge on any atom is -0.391 e. The van der Waals surface area contributed by atoms with Gasteiger partial charge in [0.25, 0.3) is 0 Å². The summed E-state index contributed by atoms with van der Waals surface area (Å²) in [6.45, 7) is 12.9. The number of carbonyl (C=O) groups excluding carboxylic acids is 7. The topological polar surface area (TPSA) is 222 Å². The first kappa shape index (κ1) is 44.1. The molecule has 8 atom stereocenters. The van der Waals surface area contributed by atoms with Gasteiger partial charge in [0, 0.05) is 36.6 Å². The van der Waals surface area contributed by atoms with Crippen LogP contribution < -0.4 is 26.6 Å². The van der Waals surface area contributed by atoms with Crippen molar-refractivity contribution >= 4 is 52.3 Å². The largest absolute Gasteiger partial charge is 0.391 e. The first-order valence-electron chi connectivity index (χ1n) is 20.8. The number of amides is 7. The molecule has 2 aromatic rings. The number of nitrogens with zero attached hydrogens (tertiary/aromatic N) is 2. The third-order valence-electron chi connectivity index (χ3n) is 11.4. The van der Waals surface area contributed by atoms with E-state index in [1.54, 1.807) is 20.0 Å². The van der Waals surface area contributed by atoms with Gasteiger partial charge >= 0.3 is 0 Å². The van der Waals surface area contributed by atoms with Gasteiger partial charge < -0.3 is 46.5 Å². The molecule has 3 fully saturated rings. The van der Waals surface area contributed by atoms with Gasteiger partial charge in [-0.25, -0.2) is 0 Å². The summed E-state index contributed by atoms with van der Waals surface area (Å²) < 4.78 is 0. The first-order valence-corrected chi connectivity index (χ1v) is 20.8. The summed E-state index contributed by atoms with van der Waals surface area (Å²) >= 11 is 0. The van der Waals surface area contributed by atoms with Gasteiger partial charge in [0.2, 0.25) is 41.4 Å². The lowest BCUT2D eigenvalue weighted by molar-refractivity contribution is -0.145. The zero-order valence-electron chi connectivity index (χ0n) is 34.8. The van der Waals surface area contributed by atoms with Crippen LogP contribution in [0.1, 0.15) is 92.6 Å². The molecule has 16 nitrogen and oxygen atoms in total. The van der Waals surface area contributed by atoms with Crippen molar-refractivity contribution in [2.75, 3.05) is 13.1 Å². The zero-order chi connectivity index (χ0) is 42.4. The van der Waals surface area contributed by atoms with Crippen LogP contribution in [0.2, 0.25) is 0 Å². The number of aromatic amines is 1. The predicted molar refractivity (Wildman–Crippen MR) is 217 cm³/mol. The van der Waals surface area contributed by atoms with E-state index in [2.05, 4.69) is 31.6 Å². The van der Waals surface area contributed by atoms with Crippen LogP contribution in [0.25, 0.3) is 10.9 Å². The van der Waals surface area contributed by atoms with E-state index in [-0.39, 0.29) is 50.6 Å². The van der Waals surface area contributed by atoms with E-state index >= 15 is 0 Å². The van der Waals surface area contributed by atoms with Crippen LogP contribution in [-0.2, 0) is 40.0 Å². The molecule has 3 aliphatic heterocycles.